The minimum absolute atomic E-state index is 0.0205. The van der Waals surface area contributed by atoms with Crippen molar-refractivity contribution < 1.29 is 14.6 Å². The van der Waals surface area contributed by atoms with E-state index in [2.05, 4.69) is 34.4 Å². The number of rotatable bonds is 5. The van der Waals surface area contributed by atoms with Gasteiger partial charge in [0.05, 0.1) is 6.54 Å². The lowest BCUT2D eigenvalue weighted by Gasteiger charge is -2.14. The summed E-state index contributed by atoms with van der Waals surface area (Å²) in [5.74, 6) is 0.0205. The van der Waals surface area contributed by atoms with Crippen molar-refractivity contribution in [2.24, 2.45) is 0 Å². The molecule has 5 heteroatoms. The molecule has 0 bridgehead atoms. The van der Waals surface area contributed by atoms with Gasteiger partial charge in [-0.2, -0.15) is 0 Å². The van der Waals surface area contributed by atoms with E-state index in [0.717, 1.165) is 11.1 Å². The molecule has 2 N–H and O–H groups in total. The van der Waals surface area contributed by atoms with E-state index in [-0.39, 0.29) is 25.6 Å². The molecule has 0 aliphatic heterocycles. The zero-order chi connectivity index (χ0) is 16.9. The number of carbonyl (C=O) groups is 1. The largest absolute Gasteiger partial charge is 0.449 e. The molecule has 1 atom stereocenters. The van der Waals surface area contributed by atoms with Gasteiger partial charge in [-0.3, -0.25) is 0 Å². The van der Waals surface area contributed by atoms with Crippen LogP contribution in [0.5, 0.6) is 0 Å². The van der Waals surface area contributed by atoms with E-state index >= 15 is 0 Å². The molecule has 0 saturated carbocycles. The van der Waals surface area contributed by atoms with Crippen LogP contribution in [0.15, 0.2) is 48.5 Å². The molecule has 122 valence electrons. The lowest BCUT2D eigenvalue weighted by molar-refractivity contribution is 0.131. The molecule has 2 aromatic rings. The van der Waals surface area contributed by atoms with Crippen molar-refractivity contribution in [3.05, 3.63) is 64.5 Å². The third-order valence-corrected chi connectivity index (χ3v) is 4.14. The first-order valence-corrected chi connectivity index (χ1v) is 7.84. The van der Waals surface area contributed by atoms with Crippen molar-refractivity contribution >= 4 is 6.09 Å². The number of carbonyl (C=O) groups excluding carboxylic acids is 1. The Bertz CT molecular complexity index is 737. The Kier molecular flexibility index (Phi) is 4.78. The van der Waals surface area contributed by atoms with Gasteiger partial charge in [-0.15, -0.1) is 0 Å². The monoisotopic (exact) mass is 323 g/mol. The van der Waals surface area contributed by atoms with Gasteiger partial charge in [0.2, 0.25) is 0 Å². The predicted octanol–water partition coefficient (Wildman–Crippen LogP) is 2.85. The molecule has 1 aliphatic carbocycles. The fourth-order valence-electron chi connectivity index (χ4n) is 3.04. The summed E-state index contributed by atoms with van der Waals surface area (Å²) in [6.07, 6.45) is -1.37. The number of aliphatic hydroxyl groups is 1. The van der Waals surface area contributed by atoms with E-state index in [9.17, 15) is 9.90 Å². The molecular weight excluding hydrogens is 304 g/mol. The highest BCUT2D eigenvalue weighted by Gasteiger charge is 2.29. The highest BCUT2D eigenvalue weighted by molar-refractivity contribution is 5.79. The predicted molar refractivity (Wildman–Crippen MR) is 92.2 cm³/mol. The minimum Gasteiger partial charge on any atom is -0.449 e. The van der Waals surface area contributed by atoms with Gasteiger partial charge >= 0.3 is 6.09 Å². The molecule has 5 nitrogen and oxygen atoms in total. The number of hydrogen-bond acceptors (Lipinski definition) is 3. The van der Waals surface area contributed by atoms with E-state index in [1.165, 1.54) is 11.1 Å². The molecule has 3 rings (SSSR count). The normalized spacial score (nSPS) is 13.5. The molecular formula is C19H19N2O3+. The van der Waals surface area contributed by atoms with Gasteiger partial charge < -0.3 is 15.2 Å². The van der Waals surface area contributed by atoms with Crippen LogP contribution in [-0.4, -0.2) is 37.0 Å². The first kappa shape index (κ1) is 16.0. The highest BCUT2D eigenvalue weighted by Crippen LogP contribution is 2.44. The summed E-state index contributed by atoms with van der Waals surface area (Å²) in [6, 6.07) is 16.3. The lowest BCUT2D eigenvalue weighted by atomic mass is 9.98. The zero-order valence-electron chi connectivity index (χ0n) is 13.2. The number of hydrogen-bond donors (Lipinski definition) is 2. The number of aliphatic hydroxyl groups excluding tert-OH is 1. The molecule has 1 aliphatic rings. The second-order valence-electron chi connectivity index (χ2n) is 5.73. The highest BCUT2D eigenvalue weighted by atomic mass is 16.5. The number of fused-ring (bicyclic) bond motifs is 3. The summed E-state index contributed by atoms with van der Waals surface area (Å²) in [5.41, 5.74) is 4.69. The fourth-order valence-corrected chi connectivity index (χ4v) is 3.04. The maximum atomic E-state index is 11.8. The Hall–Kier alpha value is -2.84. The van der Waals surface area contributed by atoms with Gasteiger partial charge in [-0.05, 0) is 22.3 Å². The number of ether oxygens (including phenoxy) is 1. The molecule has 1 unspecified atom stereocenters. The summed E-state index contributed by atoms with van der Waals surface area (Å²) in [7, 11) is 0. The van der Waals surface area contributed by atoms with E-state index in [1.54, 1.807) is 0 Å². The standard InChI is InChI=1S/C19H18N2O3/c1-20-10-13(22)11-21-19(23)24-12-18-16-8-4-2-6-14(16)15-7-3-5-9-17(15)18/h1-9,13,18,22H,10-12H2/p+1. The second kappa shape index (κ2) is 7.16. The SMILES string of the molecule is C#[N+]CC(O)CNC(=O)OCC1c2ccccc2-c2ccccc21. The van der Waals surface area contributed by atoms with Crippen molar-refractivity contribution in [2.45, 2.75) is 12.0 Å². The van der Waals surface area contributed by atoms with Crippen LogP contribution in [0.25, 0.3) is 16.0 Å². The van der Waals surface area contributed by atoms with Crippen LogP contribution < -0.4 is 5.32 Å². The van der Waals surface area contributed by atoms with E-state index in [0.29, 0.717) is 0 Å². The first-order chi connectivity index (χ1) is 11.7. The minimum atomic E-state index is -0.810. The third kappa shape index (κ3) is 3.24. The zero-order valence-corrected chi connectivity index (χ0v) is 13.2. The number of nitrogens with one attached hydrogen (secondary N) is 1. The number of nitrogens with zero attached hydrogens (tertiary/aromatic N) is 1. The van der Waals surface area contributed by atoms with Crippen LogP contribution in [0.4, 0.5) is 4.79 Å². The van der Waals surface area contributed by atoms with E-state index < -0.39 is 12.2 Å². The van der Waals surface area contributed by atoms with Gasteiger partial charge in [-0.1, -0.05) is 53.4 Å². The summed E-state index contributed by atoms with van der Waals surface area (Å²) in [4.78, 5) is 15.2. The van der Waals surface area contributed by atoms with Gasteiger partial charge in [0.25, 0.3) is 13.1 Å². The van der Waals surface area contributed by atoms with Gasteiger partial charge in [0.15, 0.2) is 0 Å². The molecule has 0 saturated heterocycles. The number of benzene rings is 2. The number of amides is 1. The Labute approximate surface area is 140 Å². The summed E-state index contributed by atoms with van der Waals surface area (Å²) < 4.78 is 5.35. The number of alkyl carbamates (subject to hydrolysis) is 1. The molecule has 24 heavy (non-hydrogen) atoms. The Balaban J connectivity index is 1.66. The molecule has 2 aromatic carbocycles. The third-order valence-electron chi connectivity index (χ3n) is 4.14. The fraction of sp³-hybridized carbons (Fsp3) is 0.263. The average molecular weight is 323 g/mol. The summed E-state index contributed by atoms with van der Waals surface area (Å²) in [5, 5.41) is 12.0. The smallest absolute Gasteiger partial charge is 0.407 e. The molecule has 0 spiro atoms. The van der Waals surface area contributed by atoms with Crippen LogP contribution in [-0.2, 0) is 4.74 Å². The van der Waals surface area contributed by atoms with Crippen molar-refractivity contribution in [3.63, 3.8) is 0 Å². The van der Waals surface area contributed by atoms with Crippen LogP contribution in [0.1, 0.15) is 17.0 Å². The lowest BCUT2D eigenvalue weighted by Crippen LogP contribution is -2.34. The molecule has 0 heterocycles. The maximum absolute atomic E-state index is 11.8. The average Bonchev–Trinajstić information content (AvgIpc) is 2.92. The van der Waals surface area contributed by atoms with Crippen molar-refractivity contribution in [2.75, 3.05) is 19.7 Å². The van der Waals surface area contributed by atoms with Crippen LogP contribution in [0, 0.1) is 6.57 Å². The van der Waals surface area contributed by atoms with E-state index in [1.807, 2.05) is 24.3 Å². The van der Waals surface area contributed by atoms with Crippen LogP contribution >= 0.6 is 0 Å². The van der Waals surface area contributed by atoms with Gasteiger partial charge in [0, 0.05) is 5.92 Å². The van der Waals surface area contributed by atoms with E-state index in [4.69, 9.17) is 11.3 Å². The Morgan fingerprint density at radius 2 is 1.75 bits per heavy atom. The Morgan fingerprint density at radius 1 is 1.17 bits per heavy atom. The summed E-state index contributed by atoms with van der Waals surface area (Å²) >= 11 is 0. The first-order valence-electron chi connectivity index (χ1n) is 7.84. The van der Waals surface area contributed by atoms with Crippen molar-refractivity contribution in [1.82, 2.24) is 5.32 Å². The van der Waals surface area contributed by atoms with Gasteiger partial charge in [0.1, 0.15) is 12.7 Å². The van der Waals surface area contributed by atoms with Crippen LogP contribution in [0.3, 0.4) is 0 Å². The molecule has 0 radical (unpaired) electrons. The van der Waals surface area contributed by atoms with Crippen LogP contribution in [0.2, 0.25) is 0 Å². The summed E-state index contributed by atoms with van der Waals surface area (Å²) in [6.45, 7) is 5.36. The Morgan fingerprint density at radius 3 is 2.33 bits per heavy atom. The quantitative estimate of drug-likeness (QED) is 0.889. The second-order valence-corrected chi connectivity index (χ2v) is 5.73. The van der Waals surface area contributed by atoms with Gasteiger partial charge in [-0.25, -0.2) is 4.79 Å². The van der Waals surface area contributed by atoms with Crippen molar-refractivity contribution in [3.8, 4) is 17.7 Å². The topological polar surface area (TPSA) is 62.9 Å². The molecule has 1 amide bonds. The molecule has 0 fully saturated rings. The maximum Gasteiger partial charge on any atom is 0.407 e. The van der Waals surface area contributed by atoms with Crippen molar-refractivity contribution in [1.29, 1.82) is 0 Å². The molecule has 0 aromatic heterocycles.